The van der Waals surface area contributed by atoms with Gasteiger partial charge in [0.25, 0.3) is 0 Å². The van der Waals surface area contributed by atoms with Crippen molar-refractivity contribution in [2.45, 2.75) is 224 Å². The van der Waals surface area contributed by atoms with Gasteiger partial charge in [-0.2, -0.15) is 0 Å². The molecule has 15 rings (SSSR count). The molecule has 582 valence electrons. The molecular weight excluding hydrogens is 1460 g/mol. The molecule has 6 heterocycles. The van der Waals surface area contributed by atoms with Gasteiger partial charge in [-0.25, -0.2) is 57.1 Å². The van der Waals surface area contributed by atoms with Gasteiger partial charge in [-0.05, 0) is 111 Å². The highest BCUT2D eigenvalue weighted by Gasteiger charge is 2.49. The Hall–Kier alpha value is -7.14. The van der Waals surface area contributed by atoms with E-state index in [4.69, 9.17) is 41.2 Å². The molecule has 6 fully saturated rings. The SMILES string of the molecule is [2H]C([2H])(CC)Sc1nc(N[C@]2([2H])C[C@@]2([2H])c2ccc(C)c(F)c2)c2nnn([C@@H]3C[C@H](OCCO)[C@@H](O)[C@H]3O)c2n1.[2H]C([2H])(O)C([2H])([2H])O[C@H]1C[C@@H](n2nnc3c(N[C@]4([2H])C[C@@]4([2H])c4ccc(C)c(F)c4)nc(SCCC)nc32)[C@H](O)[C@@H]1O.[2H]C([2H])(O)CO[C@H]1C[C@@H](n2nnc3c(N[C@]4([2H])C[C@@]4([2H])c4ccc(C)c(F)c4)nc(SC([2H])([2H])CC)nc32)[C@H](O)[C@@H]1O. The Morgan fingerprint density at radius 3 is 1.14 bits per heavy atom. The van der Waals surface area contributed by atoms with E-state index in [9.17, 15) is 54.0 Å². The smallest absolute Gasteiger partial charge is 0.191 e. The van der Waals surface area contributed by atoms with Gasteiger partial charge in [-0.3, -0.25) is 0 Å². The first-order valence-corrected chi connectivity index (χ1v) is 37.5. The summed E-state index contributed by atoms with van der Waals surface area (Å²) in [6.45, 7) is -0.0785. The van der Waals surface area contributed by atoms with Crippen LogP contribution in [0.3, 0.4) is 0 Å². The van der Waals surface area contributed by atoms with Gasteiger partial charge in [-0.1, -0.05) is 108 Å². The molecule has 30 nitrogen and oxygen atoms in total. The molecule has 6 aromatic heterocycles. The number of fused-ring (bicyclic) bond motifs is 3. The van der Waals surface area contributed by atoms with E-state index in [0.29, 0.717) is 44.3 Å². The highest BCUT2D eigenvalue weighted by Crippen LogP contribution is 2.48. The summed E-state index contributed by atoms with van der Waals surface area (Å²) < 4.78 is 193. The van der Waals surface area contributed by atoms with E-state index in [0.717, 1.165) is 29.9 Å². The first-order chi connectivity index (χ1) is 57.8. The summed E-state index contributed by atoms with van der Waals surface area (Å²) in [5.41, 5.74) is -0.618. The molecule has 0 aliphatic heterocycles. The number of rotatable bonds is 30. The minimum Gasteiger partial charge on any atom is -0.394 e. The Labute approximate surface area is 655 Å². The summed E-state index contributed by atoms with van der Waals surface area (Å²) in [6, 6.07) is 5.65. The van der Waals surface area contributed by atoms with Crippen molar-refractivity contribution in [1.82, 2.24) is 74.9 Å². The number of nitrogens with one attached hydrogen (secondary N) is 3. The van der Waals surface area contributed by atoms with Crippen molar-refractivity contribution >= 4 is 86.2 Å². The monoisotopic (exact) mass is 1570 g/mol. The molecule has 0 spiro atoms. The van der Waals surface area contributed by atoms with E-state index in [1.54, 1.807) is 71.0 Å². The van der Waals surface area contributed by atoms with Crippen LogP contribution in [0.1, 0.15) is 170 Å². The second-order valence-electron chi connectivity index (χ2n) is 26.3. The lowest BCUT2D eigenvalue weighted by atomic mass is 10.1. The van der Waals surface area contributed by atoms with Crippen molar-refractivity contribution in [2.24, 2.45) is 0 Å². The maximum atomic E-state index is 14.3. The zero-order valence-electron chi connectivity index (χ0n) is 75.1. The Bertz CT molecular complexity index is 5450. The normalized spacial score (nSPS) is 34.5. The number of ether oxygens (including phenoxy) is 3. The van der Waals surface area contributed by atoms with E-state index >= 15 is 0 Å². The molecule has 0 saturated heterocycles. The predicted molar refractivity (Wildman–Crippen MR) is 398 cm³/mol. The lowest BCUT2D eigenvalue weighted by Crippen LogP contribution is -2.33. The van der Waals surface area contributed by atoms with Crippen LogP contribution in [-0.4, -0.2) is 250 Å². The second kappa shape index (κ2) is 35.1. The summed E-state index contributed by atoms with van der Waals surface area (Å²) in [7, 11) is 0. The molecule has 36 heteroatoms. The van der Waals surface area contributed by atoms with E-state index in [1.165, 1.54) is 44.0 Å². The van der Waals surface area contributed by atoms with Crippen LogP contribution in [0, 0.1) is 38.2 Å². The lowest BCUT2D eigenvalue weighted by molar-refractivity contribution is -0.0629. The van der Waals surface area contributed by atoms with Gasteiger partial charge in [0, 0.05) is 81.8 Å². The largest absolute Gasteiger partial charge is 0.394 e. The van der Waals surface area contributed by atoms with Crippen LogP contribution in [0.5, 0.6) is 0 Å². The highest BCUT2D eigenvalue weighted by molar-refractivity contribution is 7.99. The van der Waals surface area contributed by atoms with E-state index < -0.39 is 164 Å². The lowest BCUT2D eigenvalue weighted by Gasteiger charge is -2.17. The number of thioether (sulfide) groups is 3. The zero-order chi connectivity index (χ0) is 90.7. The average molecular weight is 1570 g/mol. The van der Waals surface area contributed by atoms with E-state index in [2.05, 4.69) is 76.8 Å². The van der Waals surface area contributed by atoms with Crippen LogP contribution in [0.4, 0.5) is 30.6 Å². The molecule has 6 aliphatic rings. The van der Waals surface area contributed by atoms with Crippen LogP contribution in [-0.2, 0) is 14.2 Å². The summed E-state index contributed by atoms with van der Waals surface area (Å²) in [4.78, 5) is 26.8. The van der Waals surface area contributed by atoms with Crippen LogP contribution in [0.2, 0.25) is 0 Å². The third-order valence-electron chi connectivity index (χ3n) is 18.9. The van der Waals surface area contributed by atoms with Gasteiger partial charge in [0.2, 0.25) is 0 Å². The minimum atomic E-state index is -3.37. The van der Waals surface area contributed by atoms with Crippen molar-refractivity contribution in [3.05, 3.63) is 105 Å². The van der Waals surface area contributed by atoms with Crippen molar-refractivity contribution in [1.29, 1.82) is 0 Å². The molecule has 0 bridgehead atoms. The number of halogens is 3. The number of nitrogens with zero attached hydrogens (tertiary/aromatic N) is 15. The number of anilines is 3. The van der Waals surface area contributed by atoms with E-state index in [1.807, 2.05) is 6.92 Å². The molecule has 0 unspecified atom stereocenters. The number of aryl methyl sites for hydroxylation is 3. The number of hydrogen-bond donors (Lipinski definition) is 12. The molecule has 9 aromatic rings. The fourth-order valence-electron chi connectivity index (χ4n) is 12.9. The maximum Gasteiger partial charge on any atom is 0.191 e. The fraction of sp³-hybridized carbons (Fsp3) is 0.583. The van der Waals surface area contributed by atoms with Crippen LogP contribution in [0.15, 0.2) is 70.1 Å². The third-order valence-corrected chi connectivity index (χ3v) is 21.5. The van der Waals surface area contributed by atoms with Gasteiger partial charge >= 0.3 is 0 Å². The van der Waals surface area contributed by atoms with Crippen molar-refractivity contribution in [3.63, 3.8) is 0 Å². The maximum absolute atomic E-state index is 14.3. The van der Waals surface area contributed by atoms with Crippen LogP contribution >= 0.6 is 35.3 Å². The quantitative estimate of drug-likeness (QED) is 0.0168. The number of hydrogen-bond acceptors (Lipinski definition) is 30. The van der Waals surface area contributed by atoms with Gasteiger partial charge < -0.3 is 76.1 Å². The summed E-state index contributed by atoms with van der Waals surface area (Å²) >= 11 is 2.81. The number of benzene rings is 3. The topological polar surface area (TPSA) is 415 Å². The van der Waals surface area contributed by atoms with E-state index in [-0.39, 0.29) is 126 Å². The molecule has 6 aliphatic carbocycles. The molecule has 108 heavy (non-hydrogen) atoms. The Balaban J connectivity index is 0.000000160. The first kappa shape index (κ1) is 60.6. The summed E-state index contributed by atoms with van der Waals surface area (Å²) in [5, 5.41) is 126. The minimum absolute atomic E-state index is 0.00771. The summed E-state index contributed by atoms with van der Waals surface area (Å²) in [5.74, 6) is -5.11. The number of aromatic nitrogens is 15. The second-order valence-corrected chi connectivity index (χ2v) is 29.0. The number of aliphatic hydroxyl groups is 9. The van der Waals surface area contributed by atoms with Crippen molar-refractivity contribution < 1.29 is 95.3 Å². The van der Waals surface area contributed by atoms with Crippen LogP contribution in [0.25, 0.3) is 33.5 Å². The fourth-order valence-corrected chi connectivity index (χ4v) is 14.6. The standard InChI is InChI=1S/3C24H31FN6O4S/c3*1-3-8-36-24-27-22(26-16-10-14(16)13-5-4-12(2)15(25)9-13)19-23(28-24)31(30-29-19)17-11-18(35-7-6-32)21(34)20(17)33/h3*4-5,9,14,16-18,20-21,32-34H,3,6-8,10-11H2,1-2H3,(H,26,27,28)/t3*14-,16+,17+,18-,20-,21+/m000/s1/i6D2,8D2,14D,16D;6D2,7D2,14D,16D;8D2,14D,16D. The molecule has 3 aromatic carbocycles. The molecule has 18 atom stereocenters. The molecule has 0 radical (unpaired) electrons. The van der Waals surface area contributed by atoms with Crippen molar-refractivity contribution in [2.75, 3.05) is 72.6 Å². The zero-order valence-corrected chi connectivity index (χ0v) is 61.6. The molecule has 6 saturated carbocycles. The molecule has 12 N–H and O–H groups in total. The third kappa shape index (κ3) is 17.5. The van der Waals surface area contributed by atoms with Gasteiger partial charge in [0.1, 0.15) is 54.1 Å². The first-order valence-electron chi connectivity index (χ1n) is 42.9. The molecular formula is C72H93F3N18O12S3. The number of aliphatic hydroxyl groups excluding tert-OH is 7. The van der Waals surface area contributed by atoms with Gasteiger partial charge in [-0.15, -0.1) is 15.3 Å². The van der Waals surface area contributed by atoms with Gasteiger partial charge in [0.05, 0.1) is 88.3 Å². The summed E-state index contributed by atoms with van der Waals surface area (Å²) in [6.07, 6.45) is -10.8. The average Bonchev–Trinajstić information content (AvgIpc) is 1.54. The Morgan fingerprint density at radius 1 is 0.463 bits per heavy atom. The van der Waals surface area contributed by atoms with Gasteiger partial charge in [0.15, 0.2) is 66.4 Å². The molecule has 0 amide bonds. The highest BCUT2D eigenvalue weighted by atomic mass is 32.2. The van der Waals surface area contributed by atoms with Crippen LogP contribution < -0.4 is 16.0 Å². The van der Waals surface area contributed by atoms with Crippen molar-refractivity contribution in [3.8, 4) is 0 Å². The Kier molecular flexibility index (Phi) is 19.7. The Morgan fingerprint density at radius 2 is 0.815 bits per heavy atom. The predicted octanol–water partition coefficient (Wildman–Crippen LogP) is 6.55.